The van der Waals surface area contributed by atoms with Crippen molar-refractivity contribution in [1.29, 1.82) is 0 Å². The van der Waals surface area contributed by atoms with Crippen LogP contribution in [-0.4, -0.2) is 83.2 Å². The molecule has 2 bridgehead atoms. The molecule has 4 aliphatic carbocycles. The molecule has 255 valence electrons. The molecule has 3 fully saturated rings. The maximum Gasteiger partial charge on any atom is 0.350 e. The third-order valence-electron chi connectivity index (χ3n) is 12.7. The van der Waals surface area contributed by atoms with E-state index < -0.39 is 83.0 Å². The maximum absolute atomic E-state index is 14.5. The highest BCUT2D eigenvalue weighted by Gasteiger charge is 2.72. The van der Waals surface area contributed by atoms with Gasteiger partial charge in [-0.2, -0.15) is 0 Å². The SMILES string of the molecule is CC1=C2[C@@H](O)C(=O)[C@@]3(C)[C@H]([C@H](C)[C@](O)(C[C@@H]1OC(=O)[C@H](OC(=O)CN)[C@@H](N[B]C=O)c1ccccc1)C2(C)C)[C@]1(C)CC[C@@H]1C[C@@H]3O. The average molecular weight is 652 g/mol. The molecule has 0 aromatic heterocycles. The minimum atomic E-state index is -1.67. The van der Waals surface area contributed by atoms with Gasteiger partial charge in [-0.15, -0.1) is 0 Å². The second-order valence-corrected chi connectivity index (χ2v) is 15.1. The van der Waals surface area contributed by atoms with Crippen LogP contribution in [-0.2, 0) is 28.7 Å². The Morgan fingerprint density at radius 1 is 1.17 bits per heavy atom. The number of ketones is 1. The van der Waals surface area contributed by atoms with Crippen LogP contribution < -0.4 is 11.0 Å². The van der Waals surface area contributed by atoms with Crippen molar-refractivity contribution >= 4 is 31.3 Å². The summed E-state index contributed by atoms with van der Waals surface area (Å²) in [5.41, 5.74) is 2.33. The van der Waals surface area contributed by atoms with Crippen molar-refractivity contribution in [2.45, 2.75) is 103 Å². The molecular formula is C35H48BN2O9. The van der Waals surface area contributed by atoms with Crippen LogP contribution in [0.25, 0.3) is 0 Å². The number of benzene rings is 1. The number of hydrogen-bond acceptors (Lipinski definition) is 11. The van der Waals surface area contributed by atoms with Gasteiger partial charge in [0.15, 0.2) is 5.78 Å². The van der Waals surface area contributed by atoms with Crippen LogP contribution in [0.3, 0.4) is 0 Å². The lowest BCUT2D eigenvalue weighted by Gasteiger charge is -2.69. The summed E-state index contributed by atoms with van der Waals surface area (Å²) in [7, 11) is 1.08. The minimum absolute atomic E-state index is 0.0615. The van der Waals surface area contributed by atoms with Gasteiger partial charge in [0.1, 0.15) is 12.2 Å². The third-order valence-corrected chi connectivity index (χ3v) is 12.7. The Morgan fingerprint density at radius 2 is 1.83 bits per heavy atom. The number of ether oxygens (including phenoxy) is 2. The molecule has 1 aromatic rings. The van der Waals surface area contributed by atoms with Crippen LogP contribution in [0.5, 0.6) is 0 Å². The number of aliphatic hydroxyl groups is 3. The van der Waals surface area contributed by atoms with E-state index in [9.17, 15) is 34.5 Å². The molecule has 11 atom stereocenters. The number of carbonyl (C=O) groups is 4. The second kappa shape index (κ2) is 12.5. The standard InChI is InChI=1S/C35H48BN2O9/c1-18-22(46-31(44)28(47-24(41)16-37)26(38-36-17-39)20-10-8-7-9-11-20)15-35(45)19(2)29-33(5)13-12-21(33)14-23(40)34(29,6)30(43)27(42)25(18)32(35,3)4/h7-11,17,19,21-23,26-29,38,40,42,45H,12-16,37H2,1-6H3/t19-,21+,22-,23-,26-,27+,28+,29+,33+,34+,35+/m0/s1. The molecule has 11 nitrogen and oxygen atoms in total. The molecule has 6 N–H and O–H groups in total. The molecule has 0 amide bonds. The molecule has 5 rings (SSSR count). The first-order chi connectivity index (χ1) is 22.0. The molecule has 0 unspecified atom stereocenters. The Balaban J connectivity index is 1.59. The van der Waals surface area contributed by atoms with Gasteiger partial charge in [-0.3, -0.25) is 9.59 Å². The molecule has 4 aliphatic rings. The Bertz CT molecular complexity index is 1450. The quantitative estimate of drug-likeness (QED) is 0.113. The van der Waals surface area contributed by atoms with Crippen LogP contribution in [0.2, 0.25) is 0 Å². The van der Waals surface area contributed by atoms with Crippen molar-refractivity contribution < 1.29 is 44.0 Å². The van der Waals surface area contributed by atoms with E-state index in [-0.39, 0.29) is 23.3 Å². The zero-order chi connectivity index (χ0) is 34.7. The summed E-state index contributed by atoms with van der Waals surface area (Å²) < 4.78 is 11.6. The summed E-state index contributed by atoms with van der Waals surface area (Å²) in [5.74, 6) is -3.20. The first-order valence-corrected chi connectivity index (χ1v) is 16.5. The van der Waals surface area contributed by atoms with Gasteiger partial charge in [0, 0.05) is 11.8 Å². The van der Waals surface area contributed by atoms with Crippen molar-refractivity contribution in [3.05, 3.63) is 47.0 Å². The van der Waals surface area contributed by atoms with Crippen LogP contribution >= 0.6 is 0 Å². The highest BCUT2D eigenvalue weighted by Crippen LogP contribution is 2.70. The van der Waals surface area contributed by atoms with Gasteiger partial charge in [0.05, 0.1) is 35.9 Å². The van der Waals surface area contributed by atoms with Gasteiger partial charge >= 0.3 is 11.9 Å². The number of fused-ring (bicyclic) bond motifs is 5. The van der Waals surface area contributed by atoms with E-state index >= 15 is 0 Å². The molecule has 47 heavy (non-hydrogen) atoms. The van der Waals surface area contributed by atoms with Crippen molar-refractivity contribution in [3.63, 3.8) is 0 Å². The summed E-state index contributed by atoms with van der Waals surface area (Å²) in [6, 6.07) is 7.57. The molecule has 0 spiro atoms. The molecule has 3 saturated carbocycles. The minimum Gasteiger partial charge on any atom is -0.455 e. The largest absolute Gasteiger partial charge is 0.455 e. The summed E-state index contributed by atoms with van der Waals surface area (Å²) >= 11 is 0. The topological polar surface area (TPSA) is 185 Å². The lowest BCUT2D eigenvalue weighted by Crippen LogP contribution is -2.72. The van der Waals surface area contributed by atoms with Crippen molar-refractivity contribution in [2.75, 3.05) is 6.54 Å². The molecule has 1 radical (unpaired) electrons. The maximum atomic E-state index is 14.5. The van der Waals surface area contributed by atoms with Crippen molar-refractivity contribution in [2.24, 2.45) is 39.7 Å². The first-order valence-electron chi connectivity index (χ1n) is 16.5. The van der Waals surface area contributed by atoms with Gasteiger partial charge in [-0.05, 0) is 73.0 Å². The van der Waals surface area contributed by atoms with Gasteiger partial charge in [-0.25, -0.2) is 4.79 Å². The lowest BCUT2D eigenvalue weighted by molar-refractivity contribution is -0.246. The number of Topliss-reactive ketones (excluding diaryl/α,β-unsaturated/α-hetero) is 1. The fourth-order valence-electron chi connectivity index (χ4n) is 9.96. The molecule has 12 heteroatoms. The normalized spacial score (nSPS) is 38.7. The smallest absolute Gasteiger partial charge is 0.350 e. The van der Waals surface area contributed by atoms with Crippen molar-refractivity contribution in [3.8, 4) is 0 Å². The molecule has 1 aromatic carbocycles. The summed E-state index contributed by atoms with van der Waals surface area (Å²) in [6.45, 7) is 10.5. The number of esters is 2. The number of nitrogens with one attached hydrogen (secondary N) is 1. The number of nitrogens with two attached hydrogens (primary N) is 1. The highest BCUT2D eigenvalue weighted by molar-refractivity contribution is 6.64. The van der Waals surface area contributed by atoms with Gasteiger partial charge in [0.25, 0.3) is 7.41 Å². The van der Waals surface area contributed by atoms with Gasteiger partial charge in [0.2, 0.25) is 6.10 Å². The predicted octanol–water partition coefficient (Wildman–Crippen LogP) is 1.77. The van der Waals surface area contributed by atoms with E-state index in [0.717, 1.165) is 20.3 Å². The molecule has 0 aliphatic heterocycles. The molecule has 0 heterocycles. The van der Waals surface area contributed by atoms with E-state index in [1.807, 2.05) is 6.92 Å². The predicted molar refractivity (Wildman–Crippen MR) is 173 cm³/mol. The van der Waals surface area contributed by atoms with E-state index in [4.69, 9.17) is 15.2 Å². The van der Waals surface area contributed by atoms with Crippen LogP contribution in [0, 0.1) is 34.0 Å². The number of rotatable bonds is 9. The number of aliphatic hydroxyl groups excluding tert-OH is 2. The van der Waals surface area contributed by atoms with Gasteiger partial charge in [-0.1, -0.05) is 58.0 Å². The van der Waals surface area contributed by atoms with Crippen LogP contribution in [0.15, 0.2) is 41.5 Å². The summed E-state index contributed by atoms with van der Waals surface area (Å²) in [4.78, 5) is 52.3. The number of hydrogen-bond donors (Lipinski definition) is 5. The van der Waals surface area contributed by atoms with Crippen LogP contribution in [0.4, 0.5) is 0 Å². The first kappa shape index (κ1) is 35.4. The zero-order valence-electron chi connectivity index (χ0n) is 28.1. The highest BCUT2D eigenvalue weighted by atomic mass is 16.6. The Morgan fingerprint density at radius 3 is 2.40 bits per heavy atom. The van der Waals surface area contributed by atoms with E-state index in [0.29, 0.717) is 23.7 Å². The second-order valence-electron chi connectivity index (χ2n) is 15.1. The summed E-state index contributed by atoms with van der Waals surface area (Å²) in [5, 5.41) is 39.2. The van der Waals surface area contributed by atoms with Crippen molar-refractivity contribution in [1.82, 2.24) is 5.23 Å². The van der Waals surface area contributed by atoms with E-state index in [2.05, 4.69) is 12.2 Å². The third kappa shape index (κ3) is 5.31. The van der Waals surface area contributed by atoms with E-state index in [1.165, 1.54) is 0 Å². The lowest BCUT2D eigenvalue weighted by atomic mass is 9.36. The Hall–Kier alpha value is -2.90. The Labute approximate surface area is 276 Å². The monoisotopic (exact) mass is 651 g/mol. The zero-order valence-corrected chi connectivity index (χ0v) is 28.1. The molecule has 0 saturated heterocycles. The fraction of sp³-hybridized carbons (Fsp3) is 0.657. The van der Waals surface area contributed by atoms with Crippen LogP contribution in [0.1, 0.15) is 78.8 Å². The molecular weight excluding hydrogens is 603 g/mol. The summed E-state index contributed by atoms with van der Waals surface area (Å²) in [6.07, 6.45) is -2.72. The Kier molecular flexibility index (Phi) is 9.44. The van der Waals surface area contributed by atoms with Gasteiger partial charge < -0.3 is 40.5 Å². The average Bonchev–Trinajstić information content (AvgIpc) is 3.03. The fourth-order valence-corrected chi connectivity index (χ4v) is 9.96. The van der Waals surface area contributed by atoms with E-state index in [1.54, 1.807) is 58.0 Å². The number of carbonyl (C=O) groups excluding carboxylic acids is 4.